The Morgan fingerprint density at radius 3 is 2.55 bits per heavy atom. The Kier molecular flexibility index (Phi) is 4.06. The topological polar surface area (TPSA) is 102 Å². The molecule has 20 heavy (non-hydrogen) atoms. The zero-order valence-electron chi connectivity index (χ0n) is 10.3. The lowest BCUT2D eigenvalue weighted by molar-refractivity contribution is -0.387. The SMILES string of the molecule is O=[N+]([O-])c1ccncc1S(=O)(=O)NCc1ccccc1. The first kappa shape index (κ1) is 14.1. The molecule has 8 heteroatoms. The highest BCUT2D eigenvalue weighted by atomic mass is 32.2. The molecule has 0 saturated carbocycles. The first-order valence-electron chi connectivity index (χ1n) is 5.63. The van der Waals surface area contributed by atoms with Crippen LogP contribution < -0.4 is 4.72 Å². The average Bonchev–Trinajstić information content (AvgIpc) is 2.46. The molecule has 0 fully saturated rings. The van der Waals surface area contributed by atoms with Gasteiger partial charge in [-0.15, -0.1) is 0 Å². The summed E-state index contributed by atoms with van der Waals surface area (Å²) >= 11 is 0. The maximum Gasteiger partial charge on any atom is 0.292 e. The highest BCUT2D eigenvalue weighted by Gasteiger charge is 2.25. The summed E-state index contributed by atoms with van der Waals surface area (Å²) in [6.07, 6.45) is 2.14. The van der Waals surface area contributed by atoms with Gasteiger partial charge in [0.25, 0.3) is 5.69 Å². The maximum atomic E-state index is 12.1. The monoisotopic (exact) mass is 293 g/mol. The highest BCUT2D eigenvalue weighted by Crippen LogP contribution is 2.21. The van der Waals surface area contributed by atoms with Crippen molar-refractivity contribution in [1.82, 2.24) is 9.71 Å². The second-order valence-electron chi connectivity index (χ2n) is 3.91. The standard InChI is InChI=1S/C12H11N3O4S/c16-15(17)11-6-7-13-9-12(11)20(18,19)14-8-10-4-2-1-3-5-10/h1-7,9,14H,8H2. The molecule has 1 heterocycles. The van der Waals surface area contributed by atoms with E-state index in [9.17, 15) is 18.5 Å². The van der Waals surface area contributed by atoms with Gasteiger partial charge in [-0.3, -0.25) is 15.1 Å². The van der Waals surface area contributed by atoms with E-state index in [1.165, 1.54) is 6.20 Å². The van der Waals surface area contributed by atoms with Gasteiger partial charge in [0.15, 0.2) is 4.90 Å². The summed E-state index contributed by atoms with van der Waals surface area (Å²) in [5.41, 5.74) is 0.253. The summed E-state index contributed by atoms with van der Waals surface area (Å²) in [5.74, 6) is 0. The van der Waals surface area contributed by atoms with Crippen molar-refractivity contribution < 1.29 is 13.3 Å². The molecule has 0 amide bonds. The highest BCUT2D eigenvalue weighted by molar-refractivity contribution is 7.89. The molecule has 0 spiro atoms. The Morgan fingerprint density at radius 2 is 1.90 bits per heavy atom. The molecule has 0 aliphatic rings. The Hall–Kier alpha value is -2.32. The first-order valence-corrected chi connectivity index (χ1v) is 7.11. The predicted molar refractivity (Wildman–Crippen MR) is 71.4 cm³/mol. The Morgan fingerprint density at radius 1 is 1.20 bits per heavy atom. The zero-order chi connectivity index (χ0) is 14.6. The van der Waals surface area contributed by atoms with Gasteiger partial charge < -0.3 is 0 Å². The van der Waals surface area contributed by atoms with Gasteiger partial charge in [-0.1, -0.05) is 30.3 Å². The van der Waals surface area contributed by atoms with Crippen LogP contribution in [0.15, 0.2) is 53.7 Å². The third-order valence-electron chi connectivity index (χ3n) is 2.56. The molecule has 7 nitrogen and oxygen atoms in total. The van der Waals surface area contributed by atoms with Crippen LogP contribution in [0.2, 0.25) is 0 Å². The first-order chi connectivity index (χ1) is 9.50. The fourth-order valence-electron chi connectivity index (χ4n) is 1.58. The summed E-state index contributed by atoms with van der Waals surface area (Å²) in [6, 6.07) is 9.91. The minimum absolute atomic E-state index is 0.0508. The third kappa shape index (κ3) is 3.16. The molecule has 0 bridgehead atoms. The van der Waals surface area contributed by atoms with E-state index in [1.54, 1.807) is 24.3 Å². The van der Waals surface area contributed by atoms with E-state index in [0.29, 0.717) is 0 Å². The van der Waals surface area contributed by atoms with Gasteiger partial charge in [0.05, 0.1) is 11.1 Å². The van der Waals surface area contributed by atoms with Crippen molar-refractivity contribution in [1.29, 1.82) is 0 Å². The van der Waals surface area contributed by atoms with Crippen molar-refractivity contribution in [3.63, 3.8) is 0 Å². The Bertz CT molecular complexity index is 716. The summed E-state index contributed by atoms with van der Waals surface area (Å²) in [4.78, 5) is 13.3. The van der Waals surface area contributed by atoms with Gasteiger partial charge in [-0.2, -0.15) is 0 Å². The van der Waals surface area contributed by atoms with Crippen molar-refractivity contribution in [3.05, 3.63) is 64.5 Å². The second-order valence-corrected chi connectivity index (χ2v) is 5.65. The van der Waals surface area contributed by atoms with Crippen LogP contribution in [0.1, 0.15) is 5.56 Å². The summed E-state index contributed by atoms with van der Waals surface area (Å²) < 4.78 is 26.5. The van der Waals surface area contributed by atoms with E-state index >= 15 is 0 Å². The van der Waals surface area contributed by atoms with Crippen LogP contribution in [0.4, 0.5) is 5.69 Å². The van der Waals surface area contributed by atoms with Crippen LogP contribution in [-0.2, 0) is 16.6 Å². The van der Waals surface area contributed by atoms with E-state index in [-0.39, 0.29) is 6.54 Å². The van der Waals surface area contributed by atoms with E-state index in [0.717, 1.165) is 17.8 Å². The largest absolute Gasteiger partial charge is 0.292 e. The van der Waals surface area contributed by atoms with Crippen LogP contribution in [0, 0.1) is 10.1 Å². The van der Waals surface area contributed by atoms with Gasteiger partial charge in [-0.25, -0.2) is 13.1 Å². The number of sulfonamides is 1. The molecule has 0 saturated heterocycles. The fraction of sp³-hybridized carbons (Fsp3) is 0.0833. The molecule has 1 aromatic carbocycles. The normalized spacial score (nSPS) is 11.2. The predicted octanol–water partition coefficient (Wildman–Crippen LogP) is 1.47. The number of rotatable bonds is 5. The molecule has 2 aromatic rings. The molecule has 0 radical (unpaired) electrons. The van der Waals surface area contributed by atoms with Crippen LogP contribution in [0.5, 0.6) is 0 Å². The number of nitro groups is 1. The fourth-order valence-corrected chi connectivity index (χ4v) is 2.71. The van der Waals surface area contributed by atoms with Crippen molar-refractivity contribution >= 4 is 15.7 Å². The van der Waals surface area contributed by atoms with E-state index in [4.69, 9.17) is 0 Å². The van der Waals surface area contributed by atoms with E-state index in [2.05, 4.69) is 9.71 Å². The van der Waals surface area contributed by atoms with Gasteiger partial charge >= 0.3 is 0 Å². The summed E-state index contributed by atoms with van der Waals surface area (Å²) in [6.45, 7) is 0.0508. The second kappa shape index (κ2) is 5.76. The number of hydrogen-bond acceptors (Lipinski definition) is 5. The minimum Gasteiger partial charge on any atom is -0.263 e. The molecular formula is C12H11N3O4S. The van der Waals surface area contributed by atoms with Crippen LogP contribution >= 0.6 is 0 Å². The van der Waals surface area contributed by atoms with Crippen LogP contribution in [0.3, 0.4) is 0 Å². The van der Waals surface area contributed by atoms with Gasteiger partial charge in [0.2, 0.25) is 10.0 Å². The number of aromatic nitrogens is 1. The smallest absolute Gasteiger partial charge is 0.263 e. The lowest BCUT2D eigenvalue weighted by Crippen LogP contribution is -2.24. The number of nitrogens with zero attached hydrogens (tertiary/aromatic N) is 2. The lowest BCUT2D eigenvalue weighted by Gasteiger charge is -2.06. The molecular weight excluding hydrogens is 282 g/mol. The van der Waals surface area contributed by atoms with E-state index in [1.807, 2.05) is 6.07 Å². The molecule has 0 aliphatic carbocycles. The maximum absolute atomic E-state index is 12.1. The number of hydrogen-bond donors (Lipinski definition) is 1. The number of benzene rings is 1. The van der Waals surface area contributed by atoms with Crippen LogP contribution in [-0.4, -0.2) is 18.3 Å². The molecule has 104 valence electrons. The Balaban J connectivity index is 2.25. The zero-order valence-corrected chi connectivity index (χ0v) is 11.1. The Labute approximate surface area is 115 Å². The van der Waals surface area contributed by atoms with E-state index < -0.39 is 25.5 Å². The minimum atomic E-state index is -3.99. The summed E-state index contributed by atoms with van der Waals surface area (Å²) in [7, 11) is -3.99. The van der Waals surface area contributed by atoms with Gasteiger partial charge in [-0.05, 0) is 5.56 Å². The number of nitrogens with one attached hydrogen (secondary N) is 1. The van der Waals surface area contributed by atoms with Crippen molar-refractivity contribution in [2.24, 2.45) is 0 Å². The molecule has 2 rings (SSSR count). The lowest BCUT2D eigenvalue weighted by atomic mass is 10.2. The molecule has 0 aliphatic heterocycles. The molecule has 0 unspecified atom stereocenters. The van der Waals surface area contributed by atoms with Crippen molar-refractivity contribution in [2.45, 2.75) is 11.4 Å². The van der Waals surface area contributed by atoms with Crippen molar-refractivity contribution in [3.8, 4) is 0 Å². The van der Waals surface area contributed by atoms with Gasteiger partial charge in [0.1, 0.15) is 0 Å². The molecule has 1 aromatic heterocycles. The molecule has 1 N–H and O–H groups in total. The number of pyridine rings is 1. The van der Waals surface area contributed by atoms with Crippen LogP contribution in [0.25, 0.3) is 0 Å². The molecule has 0 atom stereocenters. The van der Waals surface area contributed by atoms with Crippen molar-refractivity contribution in [2.75, 3.05) is 0 Å². The van der Waals surface area contributed by atoms with Gasteiger partial charge in [0, 0.05) is 18.8 Å². The third-order valence-corrected chi connectivity index (χ3v) is 3.98. The summed E-state index contributed by atoms with van der Waals surface area (Å²) in [5, 5.41) is 10.8. The average molecular weight is 293 g/mol. The quantitative estimate of drug-likeness (QED) is 0.664.